The van der Waals surface area contributed by atoms with Crippen LogP contribution in [0.1, 0.15) is 11.1 Å². The highest BCUT2D eigenvalue weighted by Crippen LogP contribution is 2.17. The predicted molar refractivity (Wildman–Crippen MR) is 73.1 cm³/mol. The van der Waals surface area contributed by atoms with E-state index in [0.717, 1.165) is 29.3 Å². The molecule has 2 N–H and O–H groups in total. The highest BCUT2D eigenvalue weighted by molar-refractivity contribution is 5.37. The third kappa shape index (κ3) is 4.08. The van der Waals surface area contributed by atoms with Gasteiger partial charge in [-0.15, -0.1) is 0 Å². The van der Waals surface area contributed by atoms with Crippen molar-refractivity contribution in [3.63, 3.8) is 0 Å². The number of ether oxygens (including phenoxy) is 1. The molecule has 0 aliphatic heterocycles. The van der Waals surface area contributed by atoms with Crippen molar-refractivity contribution in [1.82, 2.24) is 0 Å². The maximum absolute atomic E-state index is 13.0. The van der Waals surface area contributed by atoms with Crippen molar-refractivity contribution in [1.29, 1.82) is 0 Å². The van der Waals surface area contributed by atoms with Crippen LogP contribution in [0.2, 0.25) is 0 Å². The summed E-state index contributed by atoms with van der Waals surface area (Å²) in [5.74, 6) is 4.49. The molecule has 0 fully saturated rings. The van der Waals surface area contributed by atoms with Crippen molar-refractivity contribution in [2.75, 3.05) is 6.54 Å². The molecule has 2 aromatic carbocycles. The van der Waals surface area contributed by atoms with Gasteiger partial charge in [0.15, 0.2) is 0 Å². The first-order valence-electron chi connectivity index (χ1n) is 6.04. The second-order valence-electron chi connectivity index (χ2n) is 4.10. The minimum Gasteiger partial charge on any atom is -0.489 e. The lowest BCUT2D eigenvalue weighted by atomic mass is 10.1. The summed E-state index contributed by atoms with van der Waals surface area (Å²) in [5.41, 5.74) is 6.99. The van der Waals surface area contributed by atoms with Crippen LogP contribution in [-0.2, 0) is 6.61 Å². The van der Waals surface area contributed by atoms with E-state index in [2.05, 4.69) is 11.8 Å². The van der Waals surface area contributed by atoms with Gasteiger partial charge in [-0.05, 0) is 17.7 Å². The topological polar surface area (TPSA) is 35.2 Å². The summed E-state index contributed by atoms with van der Waals surface area (Å²) in [7, 11) is 0. The Balaban J connectivity index is 2.07. The first-order chi connectivity index (χ1) is 9.67. The Hall–Kier alpha value is -2.38. The van der Waals surface area contributed by atoms with Crippen molar-refractivity contribution in [3.05, 3.63) is 65.2 Å². The number of rotatable bonds is 3. The fourth-order valence-corrected chi connectivity index (χ4v) is 1.67. The molecule has 0 spiro atoms. The monoisotopic (exact) mass is 273 g/mol. The quantitative estimate of drug-likeness (QED) is 0.873. The molecule has 2 rings (SSSR count). The van der Waals surface area contributed by atoms with E-state index < -0.39 is 11.6 Å². The molecule has 0 aromatic heterocycles. The summed E-state index contributed by atoms with van der Waals surface area (Å²) in [4.78, 5) is 0. The number of halogens is 2. The van der Waals surface area contributed by atoms with Gasteiger partial charge in [0.05, 0.1) is 6.54 Å². The van der Waals surface area contributed by atoms with Crippen LogP contribution in [-0.4, -0.2) is 6.54 Å². The molecule has 0 atom stereocenters. The zero-order chi connectivity index (χ0) is 14.4. The lowest BCUT2D eigenvalue weighted by molar-refractivity contribution is 0.302. The van der Waals surface area contributed by atoms with Crippen LogP contribution in [0.3, 0.4) is 0 Å². The van der Waals surface area contributed by atoms with E-state index in [1.807, 2.05) is 24.3 Å². The molecule has 0 radical (unpaired) electrons. The molecule has 102 valence electrons. The van der Waals surface area contributed by atoms with Crippen LogP contribution in [0.5, 0.6) is 5.75 Å². The second kappa shape index (κ2) is 6.69. The van der Waals surface area contributed by atoms with Gasteiger partial charge in [-0.25, -0.2) is 8.78 Å². The summed E-state index contributed by atoms with van der Waals surface area (Å²) >= 11 is 0. The minimum atomic E-state index is -0.664. The van der Waals surface area contributed by atoms with Gasteiger partial charge in [0.25, 0.3) is 0 Å². The van der Waals surface area contributed by atoms with E-state index in [1.165, 1.54) is 0 Å². The second-order valence-corrected chi connectivity index (χ2v) is 4.10. The third-order valence-electron chi connectivity index (χ3n) is 2.50. The molecule has 0 bridgehead atoms. The average molecular weight is 273 g/mol. The Morgan fingerprint density at radius 2 is 1.80 bits per heavy atom. The fourth-order valence-electron chi connectivity index (χ4n) is 1.67. The van der Waals surface area contributed by atoms with Gasteiger partial charge in [-0.3, -0.25) is 0 Å². The molecule has 2 aromatic rings. The molecule has 0 unspecified atom stereocenters. The van der Waals surface area contributed by atoms with Crippen molar-refractivity contribution < 1.29 is 13.5 Å². The third-order valence-corrected chi connectivity index (χ3v) is 2.50. The Bertz CT molecular complexity index is 639. The molecule has 0 amide bonds. The van der Waals surface area contributed by atoms with Crippen LogP contribution in [0.15, 0.2) is 42.5 Å². The highest BCUT2D eigenvalue weighted by atomic mass is 19.1. The van der Waals surface area contributed by atoms with Crippen LogP contribution in [0.4, 0.5) is 8.78 Å². The van der Waals surface area contributed by atoms with Crippen molar-refractivity contribution in [2.45, 2.75) is 6.61 Å². The molecule has 0 saturated carbocycles. The van der Waals surface area contributed by atoms with Gasteiger partial charge < -0.3 is 10.5 Å². The molecule has 0 aliphatic rings. The van der Waals surface area contributed by atoms with E-state index in [1.54, 1.807) is 0 Å². The summed E-state index contributed by atoms with van der Waals surface area (Å²) in [6.45, 7) is 0.504. The first kappa shape index (κ1) is 14.0. The first-order valence-corrected chi connectivity index (χ1v) is 6.04. The normalized spacial score (nSPS) is 9.75. The van der Waals surface area contributed by atoms with E-state index in [-0.39, 0.29) is 12.4 Å². The smallest absolute Gasteiger partial charge is 0.129 e. The molecule has 2 nitrogen and oxygen atoms in total. The minimum absolute atomic E-state index is 0.154. The predicted octanol–water partition coefficient (Wildman–Crippen LogP) is 2.85. The maximum atomic E-state index is 13.0. The van der Waals surface area contributed by atoms with E-state index in [0.29, 0.717) is 6.54 Å². The van der Waals surface area contributed by atoms with E-state index in [4.69, 9.17) is 10.5 Å². The molecule has 4 heteroatoms. The number of nitrogens with two attached hydrogens (primary N) is 1. The van der Waals surface area contributed by atoms with Crippen LogP contribution in [0.25, 0.3) is 0 Å². The van der Waals surface area contributed by atoms with Crippen LogP contribution < -0.4 is 10.5 Å². The van der Waals surface area contributed by atoms with Gasteiger partial charge in [-0.1, -0.05) is 24.0 Å². The summed E-state index contributed by atoms with van der Waals surface area (Å²) in [5, 5.41) is 0. The van der Waals surface area contributed by atoms with Crippen LogP contribution >= 0.6 is 0 Å². The summed E-state index contributed by atoms with van der Waals surface area (Å²) < 4.78 is 31.4. The zero-order valence-corrected chi connectivity index (χ0v) is 10.7. The maximum Gasteiger partial charge on any atom is 0.129 e. The molecule has 0 aliphatic carbocycles. The molecular weight excluding hydrogens is 260 g/mol. The van der Waals surface area contributed by atoms with Gasteiger partial charge in [-0.2, -0.15) is 0 Å². The van der Waals surface area contributed by atoms with Gasteiger partial charge in [0.1, 0.15) is 24.0 Å². The Morgan fingerprint density at radius 1 is 1.05 bits per heavy atom. The average Bonchev–Trinajstić information content (AvgIpc) is 2.42. The van der Waals surface area contributed by atoms with Crippen molar-refractivity contribution in [2.24, 2.45) is 5.73 Å². The SMILES string of the molecule is NCC#Cc1cccc(COc2cc(F)cc(F)c2)c1. The Labute approximate surface area is 116 Å². The number of benzene rings is 2. The molecule has 0 heterocycles. The summed E-state index contributed by atoms with van der Waals surface area (Å²) in [6, 6.07) is 10.5. The van der Waals surface area contributed by atoms with Gasteiger partial charge >= 0.3 is 0 Å². The van der Waals surface area contributed by atoms with E-state index in [9.17, 15) is 8.78 Å². The molecule has 0 saturated heterocycles. The number of hydrogen-bond acceptors (Lipinski definition) is 2. The lowest BCUT2D eigenvalue weighted by Gasteiger charge is -2.07. The van der Waals surface area contributed by atoms with Gasteiger partial charge in [0.2, 0.25) is 0 Å². The molecular formula is C16H13F2NO. The standard InChI is InChI=1S/C16H13F2NO/c17-14-8-15(18)10-16(9-14)20-11-13-4-1-3-12(7-13)5-2-6-19/h1,3-4,7-10H,6,11,19H2. The fraction of sp³-hybridized carbons (Fsp3) is 0.125. The zero-order valence-electron chi connectivity index (χ0n) is 10.7. The molecule has 20 heavy (non-hydrogen) atoms. The largest absolute Gasteiger partial charge is 0.489 e. The Morgan fingerprint density at radius 3 is 2.50 bits per heavy atom. The highest BCUT2D eigenvalue weighted by Gasteiger charge is 2.02. The summed E-state index contributed by atoms with van der Waals surface area (Å²) in [6.07, 6.45) is 0. The lowest BCUT2D eigenvalue weighted by Crippen LogP contribution is -1.97. The number of hydrogen-bond donors (Lipinski definition) is 1. The van der Waals surface area contributed by atoms with Gasteiger partial charge in [0, 0.05) is 23.8 Å². The Kier molecular flexibility index (Phi) is 4.70. The van der Waals surface area contributed by atoms with Crippen molar-refractivity contribution >= 4 is 0 Å². The van der Waals surface area contributed by atoms with Crippen LogP contribution in [0, 0.1) is 23.5 Å². The van der Waals surface area contributed by atoms with E-state index >= 15 is 0 Å². The van der Waals surface area contributed by atoms with Crippen molar-refractivity contribution in [3.8, 4) is 17.6 Å².